The molecule has 0 aliphatic rings. The molecular formula is CH6ClNPb. The molecule has 0 bridgehead atoms. The molecule has 0 heterocycles. The summed E-state index contributed by atoms with van der Waals surface area (Å²) >= 11 is 0. The van der Waals surface area contributed by atoms with Crippen molar-refractivity contribution < 1.29 is 0 Å². The van der Waals surface area contributed by atoms with Crippen LogP contribution in [0.1, 0.15) is 0 Å². The summed E-state index contributed by atoms with van der Waals surface area (Å²) in [6, 6.07) is 0. The van der Waals surface area contributed by atoms with E-state index in [9.17, 15) is 0 Å². The summed E-state index contributed by atoms with van der Waals surface area (Å²) < 4.78 is 0. The van der Waals surface area contributed by atoms with Crippen LogP contribution in [0, 0.1) is 0 Å². The van der Waals surface area contributed by atoms with Crippen LogP contribution in [0.2, 0.25) is 0 Å². The topological polar surface area (TPSA) is 26.0 Å². The number of rotatable bonds is 0. The first kappa shape index (κ1) is 19.1. The molecule has 0 aliphatic heterocycles. The van der Waals surface area contributed by atoms with E-state index in [2.05, 4.69) is 5.73 Å². The average Bonchev–Trinajstić information content (AvgIpc) is 1.00. The molecule has 4 heavy (non-hydrogen) atoms. The fourth-order valence-corrected chi connectivity index (χ4v) is 0. The first-order valence-electron chi connectivity index (χ1n) is 0.577. The standard InChI is InChI=1S/CH5N.ClH.Pb/c1-2;;/h2H2,1H3;1H;. The Morgan fingerprint density at radius 3 is 1.25 bits per heavy atom. The van der Waals surface area contributed by atoms with Crippen LogP contribution in [0.4, 0.5) is 0 Å². The summed E-state index contributed by atoms with van der Waals surface area (Å²) in [4.78, 5) is 0. The second kappa shape index (κ2) is 30.6. The van der Waals surface area contributed by atoms with E-state index in [1.54, 1.807) is 0 Å². The Balaban J connectivity index is -0.00000000500. The maximum Gasteiger partial charge on any atom is 0 e. The molecule has 2 N–H and O–H groups in total. The zero-order chi connectivity index (χ0) is 2.00. The van der Waals surface area contributed by atoms with Crippen LogP contribution >= 0.6 is 12.4 Å². The van der Waals surface area contributed by atoms with E-state index in [4.69, 9.17) is 0 Å². The van der Waals surface area contributed by atoms with Gasteiger partial charge in [-0.05, 0) is 7.05 Å². The Labute approximate surface area is 52.5 Å². The minimum absolute atomic E-state index is 0. The van der Waals surface area contributed by atoms with Gasteiger partial charge in [-0.2, -0.15) is 0 Å². The van der Waals surface area contributed by atoms with E-state index in [0.717, 1.165) is 0 Å². The van der Waals surface area contributed by atoms with Crippen LogP contribution < -0.4 is 5.73 Å². The maximum absolute atomic E-state index is 4.50. The smallest absolute Gasteiger partial charge is 0 e. The minimum atomic E-state index is 0. The number of hydrogen-bond acceptors (Lipinski definition) is 1. The predicted octanol–water partition coefficient (Wildman–Crippen LogP) is -0.384. The van der Waals surface area contributed by atoms with Crippen LogP contribution in [0.15, 0.2) is 0 Å². The second-order valence-corrected chi connectivity index (χ2v) is 0. The molecule has 0 rings (SSSR count). The Kier molecular flexibility index (Phi) is 146. The van der Waals surface area contributed by atoms with Crippen molar-refractivity contribution in [1.82, 2.24) is 0 Å². The molecule has 0 spiro atoms. The maximum atomic E-state index is 4.50. The molecular weight excluding hydrogens is 269 g/mol. The van der Waals surface area contributed by atoms with Crippen molar-refractivity contribution in [3.05, 3.63) is 0 Å². The van der Waals surface area contributed by atoms with Crippen molar-refractivity contribution in [2.75, 3.05) is 7.05 Å². The van der Waals surface area contributed by atoms with Gasteiger partial charge in [-0.3, -0.25) is 0 Å². The van der Waals surface area contributed by atoms with Crippen LogP contribution in [0.3, 0.4) is 0 Å². The first-order valence-corrected chi connectivity index (χ1v) is 0.577. The number of hydrogen-bond donors (Lipinski definition) is 1. The van der Waals surface area contributed by atoms with E-state index in [1.807, 2.05) is 0 Å². The summed E-state index contributed by atoms with van der Waals surface area (Å²) in [6.45, 7) is 0. The fraction of sp³-hybridized carbons (Fsp3) is 1.00. The molecule has 0 saturated heterocycles. The van der Waals surface area contributed by atoms with Crippen molar-refractivity contribution in [2.45, 2.75) is 0 Å². The summed E-state index contributed by atoms with van der Waals surface area (Å²) in [5.74, 6) is 0. The SMILES string of the molecule is CN.Cl.[Pb]. The monoisotopic (exact) mass is 275 g/mol. The first-order chi connectivity index (χ1) is 1.00. The van der Waals surface area contributed by atoms with Gasteiger partial charge in [-0.1, -0.05) is 0 Å². The van der Waals surface area contributed by atoms with E-state index in [0.29, 0.717) is 0 Å². The summed E-state index contributed by atoms with van der Waals surface area (Å²) in [5.41, 5.74) is 4.50. The van der Waals surface area contributed by atoms with Crippen LogP contribution in [0.25, 0.3) is 0 Å². The van der Waals surface area contributed by atoms with E-state index >= 15 is 0 Å². The van der Waals surface area contributed by atoms with Crippen molar-refractivity contribution in [1.29, 1.82) is 0 Å². The number of halogens is 1. The molecule has 0 aromatic heterocycles. The van der Waals surface area contributed by atoms with Gasteiger partial charge in [0.15, 0.2) is 0 Å². The zero-order valence-electron chi connectivity index (χ0n) is 2.49. The van der Waals surface area contributed by atoms with Gasteiger partial charge in [0.2, 0.25) is 0 Å². The van der Waals surface area contributed by atoms with Crippen molar-refractivity contribution >= 4 is 39.7 Å². The van der Waals surface area contributed by atoms with Crippen molar-refractivity contribution in [3.8, 4) is 0 Å². The Morgan fingerprint density at radius 2 is 1.25 bits per heavy atom. The van der Waals surface area contributed by atoms with Gasteiger partial charge >= 0.3 is 0 Å². The third-order valence-electron chi connectivity index (χ3n) is 0. The third-order valence-corrected chi connectivity index (χ3v) is 0. The van der Waals surface area contributed by atoms with Crippen LogP contribution in [-0.4, -0.2) is 34.3 Å². The molecule has 4 radical (unpaired) electrons. The third kappa shape index (κ3) is 10.9. The molecule has 0 amide bonds. The van der Waals surface area contributed by atoms with E-state index < -0.39 is 0 Å². The summed E-state index contributed by atoms with van der Waals surface area (Å²) in [5, 5.41) is 0. The van der Waals surface area contributed by atoms with Gasteiger partial charge in [0, 0.05) is 27.3 Å². The zero-order valence-corrected chi connectivity index (χ0v) is 7.19. The molecule has 0 aromatic rings. The largest absolute Gasteiger partial charge is 0.333 e. The van der Waals surface area contributed by atoms with Gasteiger partial charge in [0.1, 0.15) is 0 Å². The molecule has 0 aliphatic carbocycles. The van der Waals surface area contributed by atoms with E-state index in [-0.39, 0.29) is 39.7 Å². The summed E-state index contributed by atoms with van der Waals surface area (Å²) in [6.07, 6.45) is 0. The Hall–Kier alpha value is 1.17. The number of nitrogens with two attached hydrogens (primary N) is 1. The Morgan fingerprint density at radius 1 is 1.25 bits per heavy atom. The predicted molar refractivity (Wildman–Crippen MR) is 23.1 cm³/mol. The average molecular weight is 275 g/mol. The molecule has 1 nitrogen and oxygen atoms in total. The molecule has 0 saturated carbocycles. The summed E-state index contributed by atoms with van der Waals surface area (Å²) in [7, 11) is 1.50. The molecule has 0 unspecified atom stereocenters. The van der Waals surface area contributed by atoms with Gasteiger partial charge in [-0.25, -0.2) is 0 Å². The van der Waals surface area contributed by atoms with Gasteiger partial charge in [0.25, 0.3) is 0 Å². The van der Waals surface area contributed by atoms with Gasteiger partial charge < -0.3 is 5.73 Å². The molecule has 3 heteroatoms. The van der Waals surface area contributed by atoms with Gasteiger partial charge in [0.05, 0.1) is 0 Å². The fourth-order valence-electron chi connectivity index (χ4n) is 0. The van der Waals surface area contributed by atoms with Crippen LogP contribution in [0.5, 0.6) is 0 Å². The van der Waals surface area contributed by atoms with Crippen LogP contribution in [-0.2, 0) is 0 Å². The molecule has 0 atom stereocenters. The molecule has 0 fully saturated rings. The molecule has 26 valence electrons. The van der Waals surface area contributed by atoms with Gasteiger partial charge in [-0.15, -0.1) is 12.4 Å². The molecule has 0 aromatic carbocycles. The quantitative estimate of drug-likeness (QED) is 0.599. The second-order valence-electron chi connectivity index (χ2n) is 0. The minimum Gasteiger partial charge on any atom is -0.333 e. The van der Waals surface area contributed by atoms with Crippen molar-refractivity contribution in [2.24, 2.45) is 5.73 Å². The van der Waals surface area contributed by atoms with E-state index in [1.165, 1.54) is 7.05 Å². The van der Waals surface area contributed by atoms with Crippen molar-refractivity contribution in [3.63, 3.8) is 0 Å². The Bertz CT molecular complexity index is 8.00. The normalized spacial score (nSPS) is 1.50.